The van der Waals surface area contributed by atoms with Crippen molar-refractivity contribution < 1.29 is 18.3 Å². The van der Waals surface area contributed by atoms with Gasteiger partial charge in [0.05, 0.1) is 10.5 Å². The minimum Gasteiger partial charge on any atom is -0.478 e. The molecule has 0 saturated heterocycles. The third-order valence-corrected chi connectivity index (χ3v) is 5.98. The maximum Gasteiger partial charge on any atom is 0.335 e. The van der Waals surface area contributed by atoms with Crippen LogP contribution in [0.4, 0.5) is 0 Å². The summed E-state index contributed by atoms with van der Waals surface area (Å²) in [6.07, 6.45) is 3.97. The van der Waals surface area contributed by atoms with E-state index >= 15 is 0 Å². The number of aryl methyl sites for hydroxylation is 1. The van der Waals surface area contributed by atoms with Crippen LogP contribution in [0.5, 0.6) is 0 Å². The Hall–Kier alpha value is -1.40. The molecule has 0 bridgehead atoms. The number of benzene rings is 1. The first kappa shape index (κ1) is 16.0. The van der Waals surface area contributed by atoms with Crippen LogP contribution in [-0.2, 0) is 16.4 Å². The van der Waals surface area contributed by atoms with E-state index in [0.29, 0.717) is 12.0 Å². The van der Waals surface area contributed by atoms with Crippen LogP contribution in [-0.4, -0.2) is 25.0 Å². The van der Waals surface area contributed by atoms with Crippen molar-refractivity contribution in [2.24, 2.45) is 0 Å². The summed E-state index contributed by atoms with van der Waals surface area (Å²) in [6, 6.07) is 4.28. The fraction of sp³-hybridized carbons (Fsp3) is 0.533. The number of hydrogen-bond donors (Lipinski definition) is 2. The molecule has 1 aromatic carbocycles. The molecule has 0 aromatic heterocycles. The van der Waals surface area contributed by atoms with Crippen molar-refractivity contribution in [1.82, 2.24) is 4.72 Å². The van der Waals surface area contributed by atoms with Gasteiger partial charge >= 0.3 is 5.97 Å². The van der Waals surface area contributed by atoms with Crippen LogP contribution in [0.25, 0.3) is 0 Å². The predicted octanol–water partition coefficient (Wildman–Crippen LogP) is 2.56. The topological polar surface area (TPSA) is 83.5 Å². The molecule has 1 fully saturated rings. The largest absolute Gasteiger partial charge is 0.478 e. The second-order valence-corrected chi connectivity index (χ2v) is 7.22. The van der Waals surface area contributed by atoms with Crippen LogP contribution < -0.4 is 4.72 Å². The van der Waals surface area contributed by atoms with Crippen molar-refractivity contribution in [3.63, 3.8) is 0 Å². The first-order chi connectivity index (χ1) is 9.83. The zero-order valence-corrected chi connectivity index (χ0v) is 13.2. The molecule has 0 atom stereocenters. The zero-order chi connectivity index (χ0) is 15.7. The van der Waals surface area contributed by atoms with Crippen molar-refractivity contribution in [3.05, 3.63) is 29.3 Å². The third-order valence-electron chi connectivity index (χ3n) is 4.32. The molecular formula is C15H21NO4S. The van der Waals surface area contributed by atoms with Crippen LogP contribution >= 0.6 is 0 Å². The highest BCUT2D eigenvalue weighted by Gasteiger charge is 2.39. The third kappa shape index (κ3) is 3.11. The number of carboxylic acid groups (broad SMARTS) is 1. The van der Waals surface area contributed by atoms with E-state index in [2.05, 4.69) is 4.72 Å². The zero-order valence-electron chi connectivity index (χ0n) is 12.3. The van der Waals surface area contributed by atoms with Gasteiger partial charge in [-0.25, -0.2) is 17.9 Å². The SMILES string of the molecule is CCc1ccc(C(=O)O)cc1S(=O)(=O)NC1(CC)CCC1. The van der Waals surface area contributed by atoms with Gasteiger partial charge in [-0.05, 0) is 49.8 Å². The highest BCUT2D eigenvalue weighted by molar-refractivity contribution is 7.89. The Labute approximate surface area is 125 Å². The van der Waals surface area contributed by atoms with Crippen molar-refractivity contribution in [2.45, 2.75) is 56.4 Å². The summed E-state index contributed by atoms with van der Waals surface area (Å²) in [4.78, 5) is 11.2. The van der Waals surface area contributed by atoms with E-state index in [1.54, 1.807) is 6.07 Å². The molecule has 0 aliphatic heterocycles. The Bertz CT molecular complexity index is 642. The number of nitrogens with one attached hydrogen (secondary N) is 1. The molecule has 2 N–H and O–H groups in total. The number of rotatable bonds is 6. The minimum absolute atomic E-state index is 0.00765. The summed E-state index contributed by atoms with van der Waals surface area (Å²) in [6.45, 7) is 3.82. The molecule has 1 saturated carbocycles. The van der Waals surface area contributed by atoms with Gasteiger partial charge in [0.25, 0.3) is 0 Å². The smallest absolute Gasteiger partial charge is 0.335 e. The lowest BCUT2D eigenvalue weighted by molar-refractivity contribution is 0.0696. The van der Waals surface area contributed by atoms with E-state index in [0.717, 1.165) is 25.7 Å². The van der Waals surface area contributed by atoms with Crippen LogP contribution in [0.1, 0.15) is 55.5 Å². The van der Waals surface area contributed by atoms with E-state index < -0.39 is 16.0 Å². The normalized spacial score (nSPS) is 17.2. The second kappa shape index (κ2) is 5.77. The van der Waals surface area contributed by atoms with Crippen molar-refractivity contribution in [2.75, 3.05) is 0 Å². The highest BCUT2D eigenvalue weighted by Crippen LogP contribution is 2.36. The summed E-state index contributed by atoms with van der Waals surface area (Å²) >= 11 is 0. The first-order valence-corrected chi connectivity index (χ1v) is 8.72. The van der Waals surface area contributed by atoms with Crippen LogP contribution in [0, 0.1) is 0 Å². The fourth-order valence-electron chi connectivity index (χ4n) is 2.70. The molecule has 6 heteroatoms. The van der Waals surface area contributed by atoms with E-state index in [1.165, 1.54) is 12.1 Å². The summed E-state index contributed by atoms with van der Waals surface area (Å²) < 4.78 is 28.1. The van der Waals surface area contributed by atoms with Gasteiger partial charge in [0, 0.05) is 5.54 Å². The molecule has 2 rings (SSSR count). The molecule has 1 aliphatic rings. The van der Waals surface area contributed by atoms with Gasteiger partial charge < -0.3 is 5.11 Å². The average molecular weight is 311 g/mol. The Morgan fingerprint density at radius 2 is 2.00 bits per heavy atom. The lowest BCUT2D eigenvalue weighted by Crippen LogP contribution is -2.52. The van der Waals surface area contributed by atoms with E-state index in [9.17, 15) is 13.2 Å². The molecule has 0 spiro atoms. The van der Waals surface area contributed by atoms with Crippen LogP contribution in [0.2, 0.25) is 0 Å². The Balaban J connectivity index is 2.43. The number of aromatic carboxylic acids is 1. The Morgan fingerprint density at radius 3 is 2.43 bits per heavy atom. The van der Waals surface area contributed by atoms with E-state index in [-0.39, 0.29) is 16.0 Å². The molecule has 0 unspecified atom stereocenters. The molecule has 0 amide bonds. The maximum absolute atomic E-state index is 12.6. The summed E-state index contributed by atoms with van der Waals surface area (Å²) in [7, 11) is -3.70. The molecular weight excluding hydrogens is 290 g/mol. The maximum atomic E-state index is 12.6. The van der Waals surface area contributed by atoms with Crippen LogP contribution in [0.3, 0.4) is 0 Å². The molecule has 0 heterocycles. The minimum atomic E-state index is -3.70. The predicted molar refractivity (Wildman–Crippen MR) is 80.0 cm³/mol. The quantitative estimate of drug-likeness (QED) is 0.845. The Kier molecular flexibility index (Phi) is 4.39. The molecule has 1 aromatic rings. The molecule has 21 heavy (non-hydrogen) atoms. The van der Waals surface area contributed by atoms with Crippen molar-refractivity contribution >= 4 is 16.0 Å². The van der Waals surface area contributed by atoms with Gasteiger partial charge in [-0.1, -0.05) is 19.9 Å². The lowest BCUT2D eigenvalue weighted by Gasteiger charge is -2.41. The summed E-state index contributed by atoms with van der Waals surface area (Å²) in [5.41, 5.74) is 0.271. The number of hydrogen-bond acceptors (Lipinski definition) is 3. The highest BCUT2D eigenvalue weighted by atomic mass is 32.2. The standard InChI is InChI=1S/C15H21NO4S/c1-3-11-6-7-12(14(17)18)10-13(11)21(19,20)16-15(4-2)8-5-9-15/h6-7,10,16H,3-5,8-9H2,1-2H3,(H,17,18). The molecule has 1 aliphatic carbocycles. The summed E-state index contributed by atoms with van der Waals surface area (Å²) in [5, 5.41) is 9.06. The first-order valence-electron chi connectivity index (χ1n) is 7.24. The van der Waals surface area contributed by atoms with E-state index in [4.69, 9.17) is 5.11 Å². The van der Waals surface area contributed by atoms with Gasteiger partial charge in [-0.15, -0.1) is 0 Å². The van der Waals surface area contributed by atoms with Gasteiger partial charge in [0.2, 0.25) is 10.0 Å². The van der Waals surface area contributed by atoms with Gasteiger partial charge in [-0.3, -0.25) is 0 Å². The van der Waals surface area contributed by atoms with Crippen LogP contribution in [0.15, 0.2) is 23.1 Å². The van der Waals surface area contributed by atoms with Gasteiger partial charge in [0.1, 0.15) is 0 Å². The summed E-state index contributed by atoms with van der Waals surface area (Å²) in [5.74, 6) is -1.12. The fourth-order valence-corrected chi connectivity index (χ4v) is 4.57. The second-order valence-electron chi connectivity index (χ2n) is 5.57. The van der Waals surface area contributed by atoms with Gasteiger partial charge in [-0.2, -0.15) is 0 Å². The molecule has 5 nitrogen and oxygen atoms in total. The molecule has 116 valence electrons. The number of sulfonamides is 1. The van der Waals surface area contributed by atoms with E-state index in [1.807, 2.05) is 13.8 Å². The number of carbonyl (C=O) groups is 1. The van der Waals surface area contributed by atoms with Gasteiger partial charge in [0.15, 0.2) is 0 Å². The van der Waals surface area contributed by atoms with Crippen molar-refractivity contribution in [3.8, 4) is 0 Å². The monoisotopic (exact) mass is 311 g/mol. The van der Waals surface area contributed by atoms with Crippen molar-refractivity contribution in [1.29, 1.82) is 0 Å². The molecule has 0 radical (unpaired) electrons. The number of carboxylic acids is 1. The average Bonchev–Trinajstić information content (AvgIpc) is 2.42. The lowest BCUT2D eigenvalue weighted by atomic mass is 9.76. The Morgan fingerprint density at radius 1 is 1.33 bits per heavy atom.